The monoisotopic (exact) mass is 678 g/mol. The minimum absolute atomic E-state index is 0.590. The van der Waals surface area contributed by atoms with Crippen molar-refractivity contribution in [1.29, 1.82) is 0 Å². The van der Waals surface area contributed by atoms with Crippen LogP contribution in [0.15, 0.2) is 0 Å². The number of hydrogen-bond donors (Lipinski definition) is 0. The average Bonchev–Trinajstić information content (AvgIpc) is 2.91. The van der Waals surface area contributed by atoms with Crippen LogP contribution in [0, 0.1) is 0 Å². The highest BCUT2D eigenvalue weighted by molar-refractivity contribution is 5.70. The summed E-state index contributed by atoms with van der Waals surface area (Å²) in [7, 11) is 0. The molecule has 2 fully saturated rings. The summed E-state index contributed by atoms with van der Waals surface area (Å²) >= 11 is 0. The molecule has 0 aromatic carbocycles. The zero-order valence-corrected chi connectivity index (χ0v) is 26.9. The molecule has 19 nitrogen and oxygen atoms in total. The molecule has 0 spiro atoms. The van der Waals surface area contributed by atoms with Crippen LogP contribution in [-0.4, -0.2) is 122 Å². The van der Waals surface area contributed by atoms with E-state index in [4.69, 9.17) is 52.1 Å². The van der Waals surface area contributed by atoms with Gasteiger partial charge in [-0.05, 0) is 0 Å². The van der Waals surface area contributed by atoms with Gasteiger partial charge < -0.3 is 52.1 Å². The second-order valence-electron chi connectivity index (χ2n) is 10.3. The van der Waals surface area contributed by atoms with Gasteiger partial charge in [0.15, 0.2) is 30.7 Å². The summed E-state index contributed by atoms with van der Waals surface area (Å²) in [5, 5.41) is 0. The van der Waals surface area contributed by atoms with E-state index >= 15 is 0 Å². The molecule has 47 heavy (non-hydrogen) atoms. The Bertz CT molecular complexity index is 1200. The van der Waals surface area contributed by atoms with Gasteiger partial charge in [-0.15, -0.1) is 0 Å². The van der Waals surface area contributed by atoms with Crippen molar-refractivity contribution in [2.45, 2.75) is 117 Å². The number of carbonyl (C=O) groups excluding carboxylic acids is 8. The maximum atomic E-state index is 12.3. The summed E-state index contributed by atoms with van der Waals surface area (Å²) in [6, 6.07) is 0. The zero-order valence-electron chi connectivity index (χ0n) is 26.9. The van der Waals surface area contributed by atoms with Crippen LogP contribution in [0.1, 0.15) is 55.4 Å². The SMILES string of the molecule is CC(=O)OC[C@@H]1O[C@H](OC(C)=O)[C@@H](OC(C)=O)[C@H](OC(C)=O)[C@H]1O[C@@H]1O[C@H](COC(C)=O)[C@@H](OC(C)=O)[C@H](OC(C)=O)[C@H]1OC(C)=O. The average molecular weight is 679 g/mol. The van der Waals surface area contributed by atoms with Crippen molar-refractivity contribution < 1.29 is 90.5 Å². The zero-order chi connectivity index (χ0) is 35.6. The first-order valence-electron chi connectivity index (χ1n) is 14.2. The Kier molecular flexibility index (Phi) is 14.5. The lowest BCUT2D eigenvalue weighted by Gasteiger charge is -2.48. The normalized spacial score (nSPS) is 30.0. The third kappa shape index (κ3) is 12.1. The van der Waals surface area contributed by atoms with Gasteiger partial charge in [0.2, 0.25) is 12.4 Å². The molecule has 264 valence electrons. The molecule has 0 aromatic rings. The van der Waals surface area contributed by atoms with E-state index in [1.165, 1.54) is 0 Å². The van der Waals surface area contributed by atoms with Crippen LogP contribution >= 0.6 is 0 Å². The fraction of sp³-hybridized carbons (Fsp3) is 0.714. The molecule has 0 aromatic heterocycles. The molecule has 0 bridgehead atoms. The number of rotatable bonds is 12. The van der Waals surface area contributed by atoms with Crippen molar-refractivity contribution in [1.82, 2.24) is 0 Å². The van der Waals surface area contributed by atoms with E-state index in [2.05, 4.69) is 0 Å². The predicted molar refractivity (Wildman–Crippen MR) is 145 cm³/mol. The molecule has 2 aliphatic heterocycles. The smallest absolute Gasteiger partial charge is 0.305 e. The first kappa shape index (κ1) is 38.8. The minimum atomic E-state index is -1.83. The first-order valence-corrected chi connectivity index (χ1v) is 14.2. The summed E-state index contributed by atoms with van der Waals surface area (Å²) in [6.45, 7) is 7.05. The minimum Gasteiger partial charge on any atom is -0.463 e. The summed E-state index contributed by atoms with van der Waals surface area (Å²) < 4.78 is 60.2. The highest BCUT2D eigenvalue weighted by Crippen LogP contribution is 2.35. The Morgan fingerprint density at radius 3 is 1.11 bits per heavy atom. The van der Waals surface area contributed by atoms with E-state index in [1.54, 1.807) is 0 Å². The fourth-order valence-electron chi connectivity index (χ4n) is 4.73. The maximum absolute atomic E-state index is 12.3. The van der Waals surface area contributed by atoms with Crippen molar-refractivity contribution in [3.05, 3.63) is 0 Å². The highest BCUT2D eigenvalue weighted by atomic mass is 16.8. The van der Waals surface area contributed by atoms with Crippen molar-refractivity contribution >= 4 is 47.8 Å². The van der Waals surface area contributed by atoms with Crippen molar-refractivity contribution in [2.75, 3.05) is 13.2 Å². The van der Waals surface area contributed by atoms with Gasteiger partial charge in [0, 0.05) is 55.4 Å². The molecule has 0 radical (unpaired) electrons. The Morgan fingerprint density at radius 1 is 0.383 bits per heavy atom. The molecule has 2 saturated heterocycles. The molecule has 2 aliphatic rings. The van der Waals surface area contributed by atoms with E-state index in [0.29, 0.717) is 0 Å². The van der Waals surface area contributed by atoms with Gasteiger partial charge in [0.05, 0.1) is 0 Å². The second kappa shape index (κ2) is 17.5. The first-order chi connectivity index (χ1) is 21.9. The van der Waals surface area contributed by atoms with Gasteiger partial charge in [0.25, 0.3) is 0 Å². The van der Waals surface area contributed by atoms with Crippen LogP contribution in [0.4, 0.5) is 0 Å². The van der Waals surface area contributed by atoms with Gasteiger partial charge in [0.1, 0.15) is 31.5 Å². The van der Waals surface area contributed by atoms with Crippen LogP contribution in [0.5, 0.6) is 0 Å². The number of ether oxygens (including phenoxy) is 11. The van der Waals surface area contributed by atoms with Crippen LogP contribution in [0.2, 0.25) is 0 Å². The summed E-state index contributed by atoms with van der Waals surface area (Å²) in [4.78, 5) is 96.3. The van der Waals surface area contributed by atoms with Crippen molar-refractivity contribution in [3.8, 4) is 0 Å². The highest BCUT2D eigenvalue weighted by Gasteiger charge is 2.58. The molecule has 0 aliphatic carbocycles. The van der Waals surface area contributed by atoms with Crippen LogP contribution in [0.25, 0.3) is 0 Å². The van der Waals surface area contributed by atoms with Gasteiger partial charge in [-0.2, -0.15) is 0 Å². The Balaban J connectivity index is 2.73. The number of hydrogen-bond acceptors (Lipinski definition) is 19. The van der Waals surface area contributed by atoms with Crippen molar-refractivity contribution in [2.24, 2.45) is 0 Å². The molecule has 2 rings (SSSR count). The molecular weight excluding hydrogens is 640 g/mol. The number of carbonyl (C=O) groups is 8. The van der Waals surface area contributed by atoms with E-state index in [9.17, 15) is 38.4 Å². The molecular formula is C28H38O19. The molecule has 2 heterocycles. The number of esters is 8. The summed E-state index contributed by atoms with van der Waals surface area (Å²) in [5.41, 5.74) is 0. The molecule has 0 amide bonds. The van der Waals surface area contributed by atoms with Gasteiger partial charge >= 0.3 is 47.8 Å². The third-order valence-corrected chi connectivity index (χ3v) is 6.17. The third-order valence-electron chi connectivity index (χ3n) is 6.17. The molecule has 0 saturated carbocycles. The lowest BCUT2D eigenvalue weighted by atomic mass is 9.96. The lowest BCUT2D eigenvalue weighted by molar-refractivity contribution is -0.357. The van der Waals surface area contributed by atoms with E-state index in [0.717, 1.165) is 55.4 Å². The van der Waals surface area contributed by atoms with Gasteiger partial charge in [-0.25, -0.2) is 0 Å². The summed E-state index contributed by atoms with van der Waals surface area (Å²) in [5.74, 6) is -7.02. The molecule has 10 atom stereocenters. The fourth-order valence-corrected chi connectivity index (χ4v) is 4.73. The van der Waals surface area contributed by atoms with Crippen molar-refractivity contribution in [3.63, 3.8) is 0 Å². The predicted octanol–water partition coefficient (Wildman–Crippen LogP) is -0.831. The second-order valence-corrected chi connectivity index (χ2v) is 10.3. The van der Waals surface area contributed by atoms with Crippen LogP contribution in [0.3, 0.4) is 0 Å². The molecule has 0 N–H and O–H groups in total. The molecule has 0 unspecified atom stereocenters. The quantitative estimate of drug-likeness (QED) is 0.181. The lowest BCUT2D eigenvalue weighted by Crippen LogP contribution is -2.67. The van der Waals surface area contributed by atoms with Crippen LogP contribution < -0.4 is 0 Å². The summed E-state index contributed by atoms with van der Waals surface area (Å²) in [6.07, 6.45) is -16.3. The van der Waals surface area contributed by atoms with E-state index < -0.39 is 122 Å². The van der Waals surface area contributed by atoms with Crippen LogP contribution in [-0.2, 0) is 90.5 Å². The van der Waals surface area contributed by atoms with E-state index in [1.807, 2.05) is 0 Å². The van der Waals surface area contributed by atoms with Gasteiger partial charge in [-0.1, -0.05) is 0 Å². The molecule has 19 heteroatoms. The Labute approximate surface area is 268 Å². The van der Waals surface area contributed by atoms with Gasteiger partial charge in [-0.3, -0.25) is 38.4 Å². The largest absolute Gasteiger partial charge is 0.463 e. The maximum Gasteiger partial charge on any atom is 0.305 e. The standard InChI is InChI=1S/C28H38O19/c1-11(29)37-9-19-21(39-13(3)31)23(40-14(4)32)26(43-17(7)35)28(46-19)47-22-20(10-38-12(2)30)45-27(44-18(8)36)25(42-16(6)34)24(22)41-15(5)33/h19-28H,9-10H2,1-8H3/t19-,20+,21-,22+,23+,24-,25+,26-,27+,28+/m1/s1. The Hall–Kier alpha value is -4.36. The van der Waals surface area contributed by atoms with E-state index in [-0.39, 0.29) is 0 Å². The Morgan fingerprint density at radius 2 is 0.702 bits per heavy atom. The topological polar surface area (TPSA) is 238 Å².